The molecule has 37 heavy (non-hydrogen) atoms. The number of carbonyl (C=O) groups excluding carboxylic acids is 1. The van der Waals surface area contributed by atoms with Crippen LogP contribution in [0.15, 0.2) is 77.5 Å². The number of allylic oxidation sites excluding steroid dienone is 2. The van der Waals surface area contributed by atoms with Crippen LogP contribution in [0, 0.1) is 45.3 Å². The minimum Gasteiger partial charge on any atom is -0.491 e. The van der Waals surface area contributed by atoms with Gasteiger partial charge in [-0.1, -0.05) is 48.5 Å². The Hall–Kier alpha value is -4.74. The van der Waals surface area contributed by atoms with Crippen LogP contribution in [0.2, 0.25) is 0 Å². The summed E-state index contributed by atoms with van der Waals surface area (Å²) in [4.78, 5) is 14.5. The molecule has 0 saturated heterocycles. The fourth-order valence-electron chi connectivity index (χ4n) is 5.04. The molecule has 2 N–H and O–H groups in total. The second-order valence-corrected chi connectivity index (χ2v) is 9.36. The van der Waals surface area contributed by atoms with E-state index in [1.165, 1.54) is 4.90 Å². The van der Waals surface area contributed by atoms with E-state index in [4.69, 9.17) is 15.2 Å². The Bertz CT molecular complexity index is 1340. The molecular formula is C29H27N5O3. The molecule has 0 bridgehead atoms. The van der Waals surface area contributed by atoms with Gasteiger partial charge in [0, 0.05) is 24.9 Å². The molecule has 8 heteroatoms. The second kappa shape index (κ2) is 10.5. The average Bonchev–Trinajstić information content (AvgIpc) is 2.92. The molecule has 2 aliphatic rings. The summed E-state index contributed by atoms with van der Waals surface area (Å²) in [5, 5.41) is 30.4. The predicted octanol–water partition coefficient (Wildman–Crippen LogP) is 4.54. The molecule has 186 valence electrons. The van der Waals surface area contributed by atoms with Crippen molar-refractivity contribution in [1.82, 2.24) is 4.90 Å². The molecule has 0 aromatic heterocycles. The molecule has 0 fully saturated rings. The van der Waals surface area contributed by atoms with Gasteiger partial charge in [0.1, 0.15) is 18.4 Å². The first-order chi connectivity index (χ1) is 17.8. The van der Waals surface area contributed by atoms with Crippen LogP contribution in [0.1, 0.15) is 30.9 Å². The Labute approximate surface area is 216 Å². The molecule has 1 aliphatic heterocycles. The van der Waals surface area contributed by atoms with Crippen molar-refractivity contribution in [3.8, 4) is 24.0 Å². The van der Waals surface area contributed by atoms with Crippen LogP contribution >= 0.6 is 0 Å². The van der Waals surface area contributed by atoms with E-state index in [0.29, 0.717) is 16.9 Å². The lowest BCUT2D eigenvalue weighted by molar-refractivity contribution is 0.0898. The van der Waals surface area contributed by atoms with E-state index < -0.39 is 23.3 Å². The number of hydrogen-bond donors (Lipinski definition) is 1. The number of amides is 1. The third-order valence-corrected chi connectivity index (χ3v) is 6.74. The van der Waals surface area contributed by atoms with E-state index in [2.05, 4.69) is 18.2 Å². The molecule has 0 radical (unpaired) electrons. The molecule has 2 atom stereocenters. The highest BCUT2D eigenvalue weighted by Gasteiger charge is 2.54. The van der Waals surface area contributed by atoms with Crippen molar-refractivity contribution in [2.45, 2.75) is 32.5 Å². The van der Waals surface area contributed by atoms with Gasteiger partial charge in [0.25, 0.3) is 0 Å². The predicted molar refractivity (Wildman–Crippen MR) is 135 cm³/mol. The SMILES string of the molecule is CC(C)Oc1ccc(C2C3CN(C(=O)OCc4ccccc4)CC=C3C(C#N)=C(N)C2(C#N)C#N)cc1. The number of rotatable bonds is 5. The summed E-state index contributed by atoms with van der Waals surface area (Å²) >= 11 is 0. The summed E-state index contributed by atoms with van der Waals surface area (Å²) in [5.74, 6) is -0.583. The Morgan fingerprint density at radius 3 is 2.38 bits per heavy atom. The van der Waals surface area contributed by atoms with Gasteiger partial charge in [-0.25, -0.2) is 4.79 Å². The van der Waals surface area contributed by atoms with Crippen molar-refractivity contribution in [2.75, 3.05) is 13.1 Å². The maximum atomic E-state index is 13.0. The largest absolute Gasteiger partial charge is 0.491 e. The number of hydrogen-bond acceptors (Lipinski definition) is 7. The van der Waals surface area contributed by atoms with Gasteiger partial charge in [0.05, 0.1) is 29.5 Å². The second-order valence-electron chi connectivity index (χ2n) is 9.36. The van der Waals surface area contributed by atoms with Crippen LogP contribution in [-0.2, 0) is 11.3 Å². The van der Waals surface area contributed by atoms with Crippen molar-refractivity contribution in [3.05, 3.63) is 88.6 Å². The number of nitrogens with zero attached hydrogens (tertiary/aromatic N) is 4. The van der Waals surface area contributed by atoms with E-state index in [-0.39, 0.29) is 37.1 Å². The first kappa shape index (κ1) is 25.4. The molecular weight excluding hydrogens is 466 g/mol. The van der Waals surface area contributed by atoms with Gasteiger partial charge in [-0.15, -0.1) is 0 Å². The highest BCUT2D eigenvalue weighted by atomic mass is 16.6. The van der Waals surface area contributed by atoms with Gasteiger partial charge in [0.15, 0.2) is 5.41 Å². The zero-order chi connectivity index (χ0) is 26.6. The Balaban J connectivity index is 1.71. The van der Waals surface area contributed by atoms with Crippen LogP contribution in [0.3, 0.4) is 0 Å². The molecule has 2 aromatic rings. The standard InChI is InChI=1S/C29H27N5O3/c1-19(2)37-22-10-8-21(9-11-22)26-25-15-34(28(35)36-16-20-6-4-3-5-7-20)13-12-23(25)24(14-30)27(33)29(26,17-31)18-32/h3-12,19,25-26H,13,15-16,33H2,1-2H3. The van der Waals surface area contributed by atoms with E-state index in [1.807, 2.05) is 44.2 Å². The highest BCUT2D eigenvalue weighted by molar-refractivity contribution is 5.69. The summed E-state index contributed by atoms with van der Waals surface area (Å²) in [7, 11) is 0. The van der Waals surface area contributed by atoms with Gasteiger partial charge >= 0.3 is 6.09 Å². The maximum Gasteiger partial charge on any atom is 0.410 e. The number of ether oxygens (including phenoxy) is 2. The average molecular weight is 494 g/mol. The van der Waals surface area contributed by atoms with Crippen LogP contribution in [-0.4, -0.2) is 30.2 Å². The molecule has 0 spiro atoms. The zero-order valence-corrected chi connectivity index (χ0v) is 20.7. The molecule has 1 heterocycles. The zero-order valence-electron chi connectivity index (χ0n) is 20.7. The maximum absolute atomic E-state index is 13.0. The fraction of sp³-hybridized carbons (Fsp3) is 0.310. The molecule has 1 aliphatic carbocycles. The van der Waals surface area contributed by atoms with Gasteiger partial charge in [0.2, 0.25) is 0 Å². The van der Waals surface area contributed by atoms with Crippen molar-refractivity contribution >= 4 is 6.09 Å². The number of fused-ring (bicyclic) bond motifs is 1. The van der Waals surface area contributed by atoms with Crippen molar-refractivity contribution in [2.24, 2.45) is 17.1 Å². The van der Waals surface area contributed by atoms with Gasteiger partial charge < -0.3 is 20.1 Å². The van der Waals surface area contributed by atoms with Crippen LogP contribution < -0.4 is 10.5 Å². The van der Waals surface area contributed by atoms with E-state index in [9.17, 15) is 20.6 Å². The Kier molecular flexibility index (Phi) is 7.18. The molecule has 0 saturated carbocycles. The molecule has 2 unspecified atom stereocenters. The number of benzene rings is 2. The lowest BCUT2D eigenvalue weighted by Gasteiger charge is -2.45. The normalized spacial score (nSPS) is 20.1. The van der Waals surface area contributed by atoms with Gasteiger partial charge in [-0.2, -0.15) is 15.8 Å². The van der Waals surface area contributed by atoms with Crippen LogP contribution in [0.4, 0.5) is 4.79 Å². The van der Waals surface area contributed by atoms with Gasteiger partial charge in [-0.3, -0.25) is 0 Å². The van der Waals surface area contributed by atoms with Gasteiger partial charge in [-0.05, 0) is 42.7 Å². The third kappa shape index (κ3) is 4.73. The van der Waals surface area contributed by atoms with Crippen molar-refractivity contribution in [3.63, 3.8) is 0 Å². The lowest BCUT2D eigenvalue weighted by Crippen LogP contribution is -2.49. The summed E-state index contributed by atoms with van der Waals surface area (Å²) in [6, 6.07) is 22.9. The topological polar surface area (TPSA) is 136 Å². The van der Waals surface area contributed by atoms with Crippen molar-refractivity contribution in [1.29, 1.82) is 15.8 Å². The Morgan fingerprint density at radius 1 is 1.11 bits per heavy atom. The molecule has 1 amide bonds. The number of carbonyl (C=O) groups is 1. The van der Waals surface area contributed by atoms with Crippen molar-refractivity contribution < 1.29 is 14.3 Å². The summed E-state index contributed by atoms with van der Waals surface area (Å²) in [6.07, 6.45) is 1.24. The first-order valence-corrected chi connectivity index (χ1v) is 12.0. The highest BCUT2D eigenvalue weighted by Crippen LogP contribution is 2.54. The van der Waals surface area contributed by atoms with Crippen LogP contribution in [0.25, 0.3) is 0 Å². The molecule has 8 nitrogen and oxygen atoms in total. The van der Waals surface area contributed by atoms with Crippen LogP contribution in [0.5, 0.6) is 5.75 Å². The Morgan fingerprint density at radius 2 is 1.78 bits per heavy atom. The van der Waals surface area contributed by atoms with E-state index >= 15 is 0 Å². The summed E-state index contributed by atoms with van der Waals surface area (Å²) in [6.45, 7) is 4.35. The summed E-state index contributed by atoms with van der Waals surface area (Å²) in [5.41, 5.74) is 6.84. The molecule has 4 rings (SSSR count). The van der Waals surface area contributed by atoms with E-state index in [0.717, 1.165) is 5.56 Å². The molecule has 2 aromatic carbocycles. The fourth-order valence-corrected chi connectivity index (χ4v) is 5.04. The monoisotopic (exact) mass is 493 g/mol. The lowest BCUT2D eigenvalue weighted by atomic mass is 9.58. The quantitative estimate of drug-likeness (QED) is 0.646. The number of nitrogens with two attached hydrogens (primary N) is 1. The number of nitriles is 3. The smallest absolute Gasteiger partial charge is 0.410 e. The first-order valence-electron chi connectivity index (χ1n) is 12.0. The minimum atomic E-state index is -1.79. The third-order valence-electron chi connectivity index (χ3n) is 6.74. The summed E-state index contributed by atoms with van der Waals surface area (Å²) < 4.78 is 11.3. The van der Waals surface area contributed by atoms with E-state index in [1.54, 1.807) is 30.3 Å². The minimum absolute atomic E-state index is 0.0158.